The van der Waals surface area contributed by atoms with Gasteiger partial charge in [-0.1, -0.05) is 13.0 Å². The molecule has 1 saturated heterocycles. The van der Waals surface area contributed by atoms with Crippen LogP contribution in [-0.4, -0.2) is 95.9 Å². The molecule has 2 N–H and O–H groups in total. The molecule has 0 spiro atoms. The van der Waals surface area contributed by atoms with Gasteiger partial charge in [0.2, 0.25) is 5.91 Å². The molecule has 0 aliphatic carbocycles. The van der Waals surface area contributed by atoms with Crippen LogP contribution in [0.5, 0.6) is 11.5 Å². The lowest BCUT2D eigenvalue weighted by Gasteiger charge is -2.35. The van der Waals surface area contributed by atoms with Crippen molar-refractivity contribution >= 4 is 35.8 Å². The van der Waals surface area contributed by atoms with E-state index in [0.29, 0.717) is 37.2 Å². The van der Waals surface area contributed by atoms with Gasteiger partial charge >= 0.3 is 0 Å². The summed E-state index contributed by atoms with van der Waals surface area (Å²) in [5, 5.41) is 6.72. The zero-order valence-electron chi connectivity index (χ0n) is 19.8. The summed E-state index contributed by atoms with van der Waals surface area (Å²) in [6, 6.07) is 6.10. The second-order valence-electron chi connectivity index (χ2n) is 7.54. The van der Waals surface area contributed by atoms with E-state index in [9.17, 15) is 4.79 Å². The predicted molar refractivity (Wildman–Crippen MR) is 137 cm³/mol. The Balaban J connectivity index is 0.00000512. The number of hydrogen-bond donors (Lipinski definition) is 2. The molecule has 1 unspecified atom stereocenters. The molecule has 1 fully saturated rings. The van der Waals surface area contributed by atoms with E-state index in [4.69, 9.17) is 14.2 Å². The van der Waals surface area contributed by atoms with E-state index in [2.05, 4.69) is 33.5 Å². The average Bonchev–Trinajstić information content (AvgIpc) is 2.80. The van der Waals surface area contributed by atoms with Gasteiger partial charge in [0.1, 0.15) is 6.54 Å². The van der Waals surface area contributed by atoms with Crippen molar-refractivity contribution in [1.82, 2.24) is 20.4 Å². The van der Waals surface area contributed by atoms with Gasteiger partial charge < -0.3 is 29.7 Å². The molecule has 32 heavy (non-hydrogen) atoms. The molecule has 0 bridgehead atoms. The van der Waals surface area contributed by atoms with E-state index in [1.54, 1.807) is 33.2 Å². The van der Waals surface area contributed by atoms with Gasteiger partial charge in [0.05, 0.1) is 33.5 Å². The van der Waals surface area contributed by atoms with E-state index < -0.39 is 0 Å². The molecule has 9 nitrogen and oxygen atoms in total. The summed E-state index contributed by atoms with van der Waals surface area (Å²) in [5.74, 6) is 2.00. The average molecular weight is 563 g/mol. The monoisotopic (exact) mass is 563 g/mol. The van der Waals surface area contributed by atoms with Crippen LogP contribution >= 0.6 is 24.0 Å². The molecule has 1 aliphatic rings. The third-order valence-electron chi connectivity index (χ3n) is 5.16. The van der Waals surface area contributed by atoms with Crippen LogP contribution < -0.4 is 20.1 Å². The van der Waals surface area contributed by atoms with Gasteiger partial charge in [-0.15, -0.1) is 24.0 Å². The number of rotatable bonds is 10. The molecule has 1 heterocycles. The number of ether oxygens (including phenoxy) is 3. The van der Waals surface area contributed by atoms with Gasteiger partial charge in [0.15, 0.2) is 17.5 Å². The van der Waals surface area contributed by atoms with Crippen molar-refractivity contribution in [3.8, 4) is 11.5 Å². The number of halogens is 1. The Hall–Kier alpha value is -1.79. The fourth-order valence-corrected chi connectivity index (χ4v) is 3.31. The molecule has 2 rings (SSSR count). The Labute approximate surface area is 208 Å². The highest BCUT2D eigenvalue weighted by atomic mass is 127. The fourth-order valence-electron chi connectivity index (χ4n) is 3.31. The van der Waals surface area contributed by atoms with Gasteiger partial charge in [-0.05, 0) is 24.1 Å². The van der Waals surface area contributed by atoms with Gasteiger partial charge in [-0.2, -0.15) is 0 Å². The van der Waals surface area contributed by atoms with E-state index >= 15 is 0 Å². The normalized spacial score (nSPS) is 15.3. The van der Waals surface area contributed by atoms with Crippen LogP contribution in [0.4, 0.5) is 0 Å². The molecular weight excluding hydrogens is 525 g/mol. The second kappa shape index (κ2) is 15.1. The maximum atomic E-state index is 12.0. The third-order valence-corrected chi connectivity index (χ3v) is 5.16. The first-order valence-electron chi connectivity index (χ1n) is 10.8. The van der Waals surface area contributed by atoms with Crippen LogP contribution in [0.2, 0.25) is 0 Å². The van der Waals surface area contributed by atoms with Crippen LogP contribution in [0.15, 0.2) is 23.2 Å². The molecule has 1 amide bonds. The molecule has 0 saturated carbocycles. The number of aliphatic imine (C=N–C) groups is 1. The number of guanidine groups is 1. The first-order chi connectivity index (χ1) is 15.0. The van der Waals surface area contributed by atoms with Gasteiger partial charge in [-0.25, -0.2) is 4.99 Å². The molecule has 1 aromatic carbocycles. The summed E-state index contributed by atoms with van der Waals surface area (Å²) < 4.78 is 16.5. The SMILES string of the molecule is CCCNC(=NCC(=O)N(C)C)NCC(c1ccc(OC)c(OC)c1)N1CCOCC1.I. The lowest BCUT2D eigenvalue weighted by atomic mass is 10.0. The second-order valence-corrected chi connectivity index (χ2v) is 7.54. The van der Waals surface area contributed by atoms with Crippen LogP contribution in [0.3, 0.4) is 0 Å². The number of benzene rings is 1. The maximum absolute atomic E-state index is 12.0. The van der Waals surface area contributed by atoms with Crippen LogP contribution in [0, 0.1) is 0 Å². The topological polar surface area (TPSA) is 87.7 Å². The van der Waals surface area contributed by atoms with E-state index in [1.165, 1.54) is 0 Å². The summed E-state index contributed by atoms with van der Waals surface area (Å²) in [4.78, 5) is 20.4. The standard InChI is InChI=1S/C22H37N5O4.HI/c1-6-9-23-22(25-16-21(28)26(2)3)24-15-18(27-10-12-31-13-11-27)17-7-8-19(29-4)20(14-17)30-5;/h7-8,14,18H,6,9-13,15-16H2,1-5H3,(H2,23,24,25);1H. The van der Waals surface area contributed by atoms with Crippen molar-refractivity contribution in [2.75, 3.05) is 74.3 Å². The van der Waals surface area contributed by atoms with E-state index in [-0.39, 0.29) is 42.5 Å². The molecule has 1 aromatic rings. The zero-order chi connectivity index (χ0) is 22.6. The van der Waals surface area contributed by atoms with Crippen molar-refractivity contribution in [2.24, 2.45) is 4.99 Å². The minimum Gasteiger partial charge on any atom is -0.493 e. The molecular formula is C22H38IN5O4. The Morgan fingerprint density at radius 2 is 1.88 bits per heavy atom. The fraction of sp³-hybridized carbons (Fsp3) is 0.636. The highest BCUT2D eigenvalue weighted by Gasteiger charge is 2.24. The number of hydrogen-bond acceptors (Lipinski definition) is 6. The number of methoxy groups -OCH3 is 2. The number of carbonyl (C=O) groups excluding carboxylic acids is 1. The predicted octanol–water partition coefficient (Wildman–Crippen LogP) is 1.73. The molecule has 0 aromatic heterocycles. The van der Waals surface area contributed by atoms with Crippen molar-refractivity contribution in [3.05, 3.63) is 23.8 Å². The summed E-state index contributed by atoms with van der Waals surface area (Å²) in [6.45, 7) is 6.69. The number of morpholine rings is 1. The molecule has 1 atom stereocenters. The van der Waals surface area contributed by atoms with Crippen molar-refractivity contribution < 1.29 is 19.0 Å². The van der Waals surface area contributed by atoms with Crippen LogP contribution in [0.1, 0.15) is 24.9 Å². The molecule has 0 radical (unpaired) electrons. The van der Waals surface area contributed by atoms with Crippen molar-refractivity contribution in [1.29, 1.82) is 0 Å². The van der Waals surface area contributed by atoms with Gasteiger partial charge in [0.25, 0.3) is 0 Å². The number of likely N-dealkylation sites (N-methyl/N-ethyl adjacent to an activating group) is 1. The molecule has 10 heteroatoms. The summed E-state index contributed by atoms with van der Waals surface area (Å²) >= 11 is 0. The smallest absolute Gasteiger partial charge is 0.243 e. The Bertz CT molecular complexity index is 726. The van der Waals surface area contributed by atoms with Gasteiger partial charge in [0, 0.05) is 40.3 Å². The Morgan fingerprint density at radius 3 is 2.47 bits per heavy atom. The minimum atomic E-state index is -0.0396. The summed E-state index contributed by atoms with van der Waals surface area (Å²) in [5.41, 5.74) is 1.12. The maximum Gasteiger partial charge on any atom is 0.243 e. The Kier molecular flexibility index (Phi) is 13.3. The van der Waals surface area contributed by atoms with Gasteiger partial charge in [-0.3, -0.25) is 9.69 Å². The van der Waals surface area contributed by atoms with Crippen molar-refractivity contribution in [3.63, 3.8) is 0 Å². The lowest BCUT2D eigenvalue weighted by Crippen LogP contribution is -2.46. The van der Waals surface area contributed by atoms with E-state index in [0.717, 1.165) is 31.6 Å². The van der Waals surface area contributed by atoms with Crippen LogP contribution in [-0.2, 0) is 9.53 Å². The molecule has 1 aliphatic heterocycles. The number of nitrogens with one attached hydrogen (secondary N) is 2. The summed E-state index contributed by atoms with van der Waals surface area (Å²) in [6.07, 6.45) is 0.963. The van der Waals surface area contributed by atoms with Crippen LogP contribution in [0.25, 0.3) is 0 Å². The zero-order valence-corrected chi connectivity index (χ0v) is 22.2. The molecule has 182 valence electrons. The first kappa shape index (κ1) is 28.2. The third kappa shape index (κ3) is 8.62. The highest BCUT2D eigenvalue weighted by molar-refractivity contribution is 14.0. The Morgan fingerprint density at radius 1 is 1.19 bits per heavy atom. The lowest BCUT2D eigenvalue weighted by molar-refractivity contribution is -0.127. The first-order valence-corrected chi connectivity index (χ1v) is 10.8. The number of amides is 1. The number of carbonyl (C=O) groups is 1. The minimum absolute atomic E-state index is 0. The summed E-state index contributed by atoms with van der Waals surface area (Å²) in [7, 11) is 6.74. The number of nitrogens with zero attached hydrogens (tertiary/aromatic N) is 3. The highest BCUT2D eigenvalue weighted by Crippen LogP contribution is 2.32. The quantitative estimate of drug-likeness (QED) is 0.255. The largest absolute Gasteiger partial charge is 0.493 e. The van der Waals surface area contributed by atoms with E-state index in [1.807, 2.05) is 12.1 Å². The van der Waals surface area contributed by atoms with Crippen molar-refractivity contribution in [2.45, 2.75) is 19.4 Å².